The largest absolute Gasteiger partial charge is 0.480 e. The molecular weight excluding hydrogens is 214 g/mol. The van der Waals surface area contributed by atoms with Crippen molar-refractivity contribution < 1.29 is 9.90 Å². The zero-order valence-corrected chi connectivity index (χ0v) is 9.24. The van der Waals surface area contributed by atoms with Crippen LogP contribution < -0.4 is 5.73 Å². The summed E-state index contributed by atoms with van der Waals surface area (Å²) in [4.78, 5) is 10.4. The first-order chi connectivity index (χ1) is 6.70. The van der Waals surface area contributed by atoms with Crippen molar-refractivity contribution in [3.05, 3.63) is 35.9 Å². The topological polar surface area (TPSA) is 63.3 Å². The SMILES string of the molecule is Cl.N[C@@H](CCCc1ccccc1)C(=O)O. The number of carbonyl (C=O) groups is 1. The predicted octanol–water partition coefficient (Wildman–Crippen LogP) is 1.84. The van der Waals surface area contributed by atoms with Gasteiger partial charge in [0.15, 0.2) is 0 Å². The van der Waals surface area contributed by atoms with Crippen LogP contribution in [0.15, 0.2) is 30.3 Å². The fourth-order valence-corrected chi connectivity index (χ4v) is 1.29. The third-order valence-electron chi connectivity index (χ3n) is 2.14. The van der Waals surface area contributed by atoms with Gasteiger partial charge in [-0.25, -0.2) is 0 Å². The van der Waals surface area contributed by atoms with Crippen LogP contribution in [0.1, 0.15) is 18.4 Å². The van der Waals surface area contributed by atoms with E-state index in [9.17, 15) is 4.79 Å². The van der Waals surface area contributed by atoms with E-state index in [1.54, 1.807) is 0 Å². The van der Waals surface area contributed by atoms with Crippen molar-refractivity contribution in [1.82, 2.24) is 0 Å². The van der Waals surface area contributed by atoms with Crippen molar-refractivity contribution in [2.45, 2.75) is 25.3 Å². The van der Waals surface area contributed by atoms with Crippen LogP contribution in [-0.2, 0) is 11.2 Å². The molecule has 0 unspecified atom stereocenters. The van der Waals surface area contributed by atoms with E-state index in [1.807, 2.05) is 30.3 Å². The molecule has 3 N–H and O–H groups in total. The van der Waals surface area contributed by atoms with Gasteiger partial charge in [-0.3, -0.25) is 4.79 Å². The Morgan fingerprint density at radius 3 is 2.47 bits per heavy atom. The molecule has 3 nitrogen and oxygen atoms in total. The molecule has 1 rings (SSSR count). The van der Waals surface area contributed by atoms with Crippen LogP contribution >= 0.6 is 12.4 Å². The van der Waals surface area contributed by atoms with Crippen molar-refractivity contribution in [3.63, 3.8) is 0 Å². The lowest BCUT2D eigenvalue weighted by atomic mass is 10.1. The van der Waals surface area contributed by atoms with Gasteiger partial charge in [-0.05, 0) is 24.8 Å². The summed E-state index contributed by atoms with van der Waals surface area (Å²) in [6.45, 7) is 0. The molecule has 4 heteroatoms. The number of nitrogens with two attached hydrogens (primary N) is 1. The highest BCUT2D eigenvalue weighted by Gasteiger charge is 2.09. The van der Waals surface area contributed by atoms with E-state index in [2.05, 4.69) is 0 Å². The lowest BCUT2D eigenvalue weighted by Crippen LogP contribution is -2.29. The van der Waals surface area contributed by atoms with E-state index < -0.39 is 12.0 Å². The summed E-state index contributed by atoms with van der Waals surface area (Å²) in [6.07, 6.45) is 2.24. The van der Waals surface area contributed by atoms with Gasteiger partial charge in [0.25, 0.3) is 0 Å². The lowest BCUT2D eigenvalue weighted by molar-refractivity contribution is -0.138. The molecule has 0 saturated carbocycles. The minimum absolute atomic E-state index is 0. The molecule has 0 saturated heterocycles. The number of aliphatic carboxylic acids is 1. The first kappa shape index (κ1) is 13.9. The first-order valence-corrected chi connectivity index (χ1v) is 4.72. The number of carboxylic acid groups (broad SMARTS) is 1. The van der Waals surface area contributed by atoms with Crippen LogP contribution in [0.4, 0.5) is 0 Å². The number of carboxylic acids is 1. The van der Waals surface area contributed by atoms with Crippen LogP contribution in [0.2, 0.25) is 0 Å². The minimum Gasteiger partial charge on any atom is -0.480 e. The Labute approximate surface area is 95.7 Å². The maximum atomic E-state index is 10.4. The highest BCUT2D eigenvalue weighted by Crippen LogP contribution is 2.05. The molecular formula is C11H16ClNO2. The molecule has 15 heavy (non-hydrogen) atoms. The van der Waals surface area contributed by atoms with Crippen molar-refractivity contribution in [2.24, 2.45) is 5.73 Å². The molecule has 0 bridgehead atoms. The number of hydrogen-bond donors (Lipinski definition) is 2. The number of benzene rings is 1. The number of aryl methyl sites for hydroxylation is 1. The van der Waals surface area contributed by atoms with E-state index in [4.69, 9.17) is 10.8 Å². The zero-order chi connectivity index (χ0) is 10.4. The van der Waals surface area contributed by atoms with E-state index >= 15 is 0 Å². The van der Waals surface area contributed by atoms with Crippen LogP contribution in [0.3, 0.4) is 0 Å². The molecule has 0 radical (unpaired) electrons. The van der Waals surface area contributed by atoms with Gasteiger partial charge < -0.3 is 10.8 Å². The Kier molecular flexibility index (Phi) is 6.75. The first-order valence-electron chi connectivity index (χ1n) is 4.72. The number of halogens is 1. The summed E-state index contributed by atoms with van der Waals surface area (Å²) in [7, 11) is 0. The summed E-state index contributed by atoms with van der Waals surface area (Å²) in [5, 5.41) is 8.55. The van der Waals surface area contributed by atoms with Gasteiger partial charge in [-0.2, -0.15) is 0 Å². The highest BCUT2D eigenvalue weighted by molar-refractivity contribution is 5.85. The second-order valence-electron chi connectivity index (χ2n) is 3.32. The Balaban J connectivity index is 0.00000196. The Morgan fingerprint density at radius 1 is 1.33 bits per heavy atom. The van der Waals surface area contributed by atoms with Crippen molar-refractivity contribution >= 4 is 18.4 Å². The van der Waals surface area contributed by atoms with Gasteiger partial charge in [0, 0.05) is 0 Å². The Morgan fingerprint density at radius 2 is 1.93 bits per heavy atom. The van der Waals surface area contributed by atoms with Gasteiger partial charge in [0.1, 0.15) is 6.04 Å². The average molecular weight is 230 g/mol. The van der Waals surface area contributed by atoms with Gasteiger partial charge >= 0.3 is 5.97 Å². The fraction of sp³-hybridized carbons (Fsp3) is 0.364. The molecule has 0 aliphatic heterocycles. The van der Waals surface area contributed by atoms with Gasteiger partial charge in [0.05, 0.1) is 0 Å². The zero-order valence-electron chi connectivity index (χ0n) is 8.43. The third kappa shape index (κ3) is 5.40. The normalized spacial score (nSPS) is 11.5. The molecule has 0 fully saturated rings. The van der Waals surface area contributed by atoms with Crippen LogP contribution in [0, 0.1) is 0 Å². The molecule has 0 aliphatic rings. The lowest BCUT2D eigenvalue weighted by Gasteiger charge is -2.05. The van der Waals surface area contributed by atoms with E-state index in [-0.39, 0.29) is 12.4 Å². The standard InChI is InChI=1S/C11H15NO2.ClH/c12-10(11(13)14)8-4-7-9-5-2-1-3-6-9;/h1-3,5-6,10H,4,7-8,12H2,(H,13,14);1H/t10-;/m0./s1. The molecule has 84 valence electrons. The molecule has 0 aromatic heterocycles. The molecule has 0 spiro atoms. The summed E-state index contributed by atoms with van der Waals surface area (Å²) in [5.41, 5.74) is 6.61. The van der Waals surface area contributed by atoms with Gasteiger partial charge in [-0.1, -0.05) is 30.3 Å². The third-order valence-corrected chi connectivity index (χ3v) is 2.14. The monoisotopic (exact) mass is 229 g/mol. The number of hydrogen-bond acceptors (Lipinski definition) is 2. The Bertz CT molecular complexity index is 290. The summed E-state index contributed by atoms with van der Waals surface area (Å²) in [6, 6.07) is 9.27. The molecule has 1 aromatic rings. The predicted molar refractivity (Wildman–Crippen MR) is 62.2 cm³/mol. The summed E-state index contributed by atoms with van der Waals surface area (Å²) in [5.74, 6) is -0.918. The minimum atomic E-state index is -0.918. The average Bonchev–Trinajstić information content (AvgIpc) is 2.19. The van der Waals surface area contributed by atoms with E-state index in [0.717, 1.165) is 12.8 Å². The van der Waals surface area contributed by atoms with Crippen molar-refractivity contribution in [3.8, 4) is 0 Å². The number of rotatable bonds is 5. The molecule has 1 aromatic carbocycles. The molecule has 0 amide bonds. The maximum Gasteiger partial charge on any atom is 0.320 e. The van der Waals surface area contributed by atoms with Gasteiger partial charge in [0.2, 0.25) is 0 Å². The second kappa shape index (κ2) is 7.26. The van der Waals surface area contributed by atoms with Crippen LogP contribution in [0.5, 0.6) is 0 Å². The smallest absolute Gasteiger partial charge is 0.320 e. The maximum absolute atomic E-state index is 10.4. The second-order valence-corrected chi connectivity index (χ2v) is 3.32. The Hall–Kier alpha value is -1.06. The van der Waals surface area contributed by atoms with Gasteiger partial charge in [-0.15, -0.1) is 12.4 Å². The summed E-state index contributed by atoms with van der Waals surface area (Å²) >= 11 is 0. The fourth-order valence-electron chi connectivity index (χ4n) is 1.29. The molecule has 0 aliphatic carbocycles. The summed E-state index contributed by atoms with van der Waals surface area (Å²) < 4.78 is 0. The van der Waals surface area contributed by atoms with Crippen LogP contribution in [0.25, 0.3) is 0 Å². The quantitative estimate of drug-likeness (QED) is 0.810. The van der Waals surface area contributed by atoms with E-state index in [1.165, 1.54) is 5.56 Å². The molecule has 0 heterocycles. The molecule has 1 atom stereocenters. The van der Waals surface area contributed by atoms with E-state index in [0.29, 0.717) is 6.42 Å². The van der Waals surface area contributed by atoms with Crippen molar-refractivity contribution in [1.29, 1.82) is 0 Å². The highest BCUT2D eigenvalue weighted by atomic mass is 35.5. The van der Waals surface area contributed by atoms with Crippen LogP contribution in [-0.4, -0.2) is 17.1 Å². The van der Waals surface area contributed by atoms with Crippen molar-refractivity contribution in [2.75, 3.05) is 0 Å².